The smallest absolute Gasteiger partial charge is 0.0361 e. The highest BCUT2D eigenvalue weighted by atomic mass is 15.1. The van der Waals surface area contributed by atoms with Crippen LogP contribution in [-0.4, -0.2) is 20.6 Å². The second kappa shape index (κ2) is 6.42. The number of rotatable bonds is 6. The van der Waals surface area contributed by atoms with E-state index >= 15 is 0 Å². The standard InChI is InChI=1S/C17H28N2/c1-4-17(11-5-6-12-17)14-18-13-15-7-9-16(10-8-15)19(2)3/h7-10,18H,4-6,11-14H2,1-3H3. The normalized spacial score (nSPS) is 17.6. The summed E-state index contributed by atoms with van der Waals surface area (Å²) in [5.74, 6) is 0. The molecule has 1 aliphatic carbocycles. The minimum atomic E-state index is 0.587. The molecule has 2 heteroatoms. The van der Waals surface area contributed by atoms with Gasteiger partial charge in [-0.25, -0.2) is 0 Å². The number of nitrogens with zero attached hydrogens (tertiary/aromatic N) is 1. The van der Waals surface area contributed by atoms with Crippen molar-refractivity contribution in [1.82, 2.24) is 5.32 Å². The molecule has 0 amide bonds. The fourth-order valence-corrected chi connectivity index (χ4v) is 3.16. The van der Waals surface area contributed by atoms with Gasteiger partial charge in [0.25, 0.3) is 0 Å². The van der Waals surface area contributed by atoms with E-state index in [0.29, 0.717) is 5.41 Å². The van der Waals surface area contributed by atoms with Crippen molar-refractivity contribution in [1.29, 1.82) is 0 Å². The Balaban J connectivity index is 1.82. The van der Waals surface area contributed by atoms with Crippen molar-refractivity contribution in [3.8, 4) is 0 Å². The Hall–Kier alpha value is -1.02. The topological polar surface area (TPSA) is 15.3 Å². The zero-order valence-electron chi connectivity index (χ0n) is 12.7. The van der Waals surface area contributed by atoms with Gasteiger partial charge in [0, 0.05) is 32.9 Å². The van der Waals surface area contributed by atoms with E-state index in [-0.39, 0.29) is 0 Å². The van der Waals surface area contributed by atoms with Crippen LogP contribution in [-0.2, 0) is 6.54 Å². The second-order valence-electron chi connectivity index (χ2n) is 6.23. The highest BCUT2D eigenvalue weighted by Crippen LogP contribution is 2.40. The van der Waals surface area contributed by atoms with E-state index in [9.17, 15) is 0 Å². The Labute approximate surface area is 118 Å². The van der Waals surface area contributed by atoms with E-state index in [1.165, 1.54) is 49.9 Å². The van der Waals surface area contributed by atoms with Crippen LogP contribution in [0.4, 0.5) is 5.69 Å². The molecule has 0 aromatic heterocycles. The lowest BCUT2D eigenvalue weighted by Gasteiger charge is -2.27. The fourth-order valence-electron chi connectivity index (χ4n) is 3.16. The maximum absolute atomic E-state index is 3.67. The SMILES string of the molecule is CCC1(CNCc2ccc(N(C)C)cc2)CCCC1. The zero-order chi connectivity index (χ0) is 13.7. The van der Waals surface area contributed by atoms with Crippen molar-refractivity contribution < 1.29 is 0 Å². The van der Waals surface area contributed by atoms with Gasteiger partial charge in [-0.3, -0.25) is 0 Å². The molecule has 0 radical (unpaired) electrons. The Morgan fingerprint density at radius 2 is 1.74 bits per heavy atom. The molecule has 0 heterocycles. The molecule has 1 aliphatic rings. The van der Waals surface area contributed by atoms with Crippen LogP contribution >= 0.6 is 0 Å². The van der Waals surface area contributed by atoms with Gasteiger partial charge in [0.15, 0.2) is 0 Å². The summed E-state index contributed by atoms with van der Waals surface area (Å²) in [6, 6.07) is 8.86. The molecule has 1 N–H and O–H groups in total. The molecule has 0 bridgehead atoms. The minimum absolute atomic E-state index is 0.587. The lowest BCUT2D eigenvalue weighted by Crippen LogP contribution is -2.31. The number of anilines is 1. The van der Waals surface area contributed by atoms with E-state index < -0.39 is 0 Å². The molecule has 1 saturated carbocycles. The average Bonchev–Trinajstić information content (AvgIpc) is 2.89. The van der Waals surface area contributed by atoms with Gasteiger partial charge in [-0.05, 0) is 42.4 Å². The number of hydrogen-bond acceptors (Lipinski definition) is 2. The van der Waals surface area contributed by atoms with Gasteiger partial charge >= 0.3 is 0 Å². The maximum Gasteiger partial charge on any atom is 0.0361 e. The highest BCUT2D eigenvalue weighted by molar-refractivity contribution is 5.45. The van der Waals surface area contributed by atoms with Crippen molar-refractivity contribution >= 4 is 5.69 Å². The summed E-state index contributed by atoms with van der Waals surface area (Å²) in [5.41, 5.74) is 3.24. The summed E-state index contributed by atoms with van der Waals surface area (Å²) in [4.78, 5) is 2.14. The number of hydrogen-bond donors (Lipinski definition) is 1. The van der Waals surface area contributed by atoms with Crippen molar-refractivity contribution in [3.63, 3.8) is 0 Å². The molecule has 0 spiro atoms. The van der Waals surface area contributed by atoms with Gasteiger partial charge in [0.2, 0.25) is 0 Å². The van der Waals surface area contributed by atoms with Crippen molar-refractivity contribution in [2.75, 3.05) is 25.5 Å². The molecule has 2 nitrogen and oxygen atoms in total. The lowest BCUT2D eigenvalue weighted by molar-refractivity contribution is 0.268. The molecule has 1 fully saturated rings. The van der Waals surface area contributed by atoms with Crippen LogP contribution in [0.2, 0.25) is 0 Å². The van der Waals surface area contributed by atoms with E-state index in [2.05, 4.69) is 55.5 Å². The first-order valence-electron chi connectivity index (χ1n) is 7.62. The van der Waals surface area contributed by atoms with E-state index in [1.54, 1.807) is 0 Å². The van der Waals surface area contributed by atoms with Crippen LogP contribution in [0.1, 0.15) is 44.6 Å². The zero-order valence-corrected chi connectivity index (χ0v) is 12.7. The van der Waals surface area contributed by atoms with Crippen LogP contribution in [0, 0.1) is 5.41 Å². The molecule has 0 unspecified atom stereocenters. The maximum atomic E-state index is 3.67. The van der Waals surface area contributed by atoms with Gasteiger partial charge in [0.05, 0.1) is 0 Å². The summed E-state index contributed by atoms with van der Waals surface area (Å²) in [5, 5.41) is 3.67. The summed E-state index contributed by atoms with van der Waals surface area (Å²) in [6.07, 6.45) is 6.99. The highest BCUT2D eigenvalue weighted by Gasteiger charge is 2.31. The van der Waals surface area contributed by atoms with Crippen LogP contribution in [0.5, 0.6) is 0 Å². The lowest BCUT2D eigenvalue weighted by atomic mass is 9.83. The third-order valence-corrected chi connectivity index (χ3v) is 4.70. The van der Waals surface area contributed by atoms with Gasteiger partial charge < -0.3 is 10.2 Å². The molecular formula is C17H28N2. The van der Waals surface area contributed by atoms with Gasteiger partial charge in [-0.2, -0.15) is 0 Å². The Bertz CT molecular complexity index is 375. The van der Waals surface area contributed by atoms with Crippen LogP contribution in [0.15, 0.2) is 24.3 Å². The monoisotopic (exact) mass is 260 g/mol. The summed E-state index contributed by atoms with van der Waals surface area (Å²) >= 11 is 0. The Morgan fingerprint density at radius 3 is 2.26 bits per heavy atom. The predicted molar refractivity (Wildman–Crippen MR) is 83.7 cm³/mol. The number of nitrogens with one attached hydrogen (secondary N) is 1. The second-order valence-corrected chi connectivity index (χ2v) is 6.23. The molecular weight excluding hydrogens is 232 g/mol. The minimum Gasteiger partial charge on any atom is -0.378 e. The molecule has 1 aromatic rings. The first-order chi connectivity index (χ1) is 9.15. The number of benzene rings is 1. The molecule has 19 heavy (non-hydrogen) atoms. The summed E-state index contributed by atoms with van der Waals surface area (Å²) in [7, 11) is 4.16. The Kier molecular flexibility index (Phi) is 4.87. The fraction of sp³-hybridized carbons (Fsp3) is 0.647. The van der Waals surface area contributed by atoms with Crippen LogP contribution in [0.25, 0.3) is 0 Å². The van der Waals surface area contributed by atoms with Gasteiger partial charge in [-0.15, -0.1) is 0 Å². The van der Waals surface area contributed by atoms with Gasteiger partial charge in [-0.1, -0.05) is 31.9 Å². The predicted octanol–water partition coefficient (Wildman–Crippen LogP) is 3.81. The van der Waals surface area contributed by atoms with Crippen LogP contribution < -0.4 is 10.2 Å². The largest absolute Gasteiger partial charge is 0.378 e. The molecule has 0 aliphatic heterocycles. The first kappa shape index (κ1) is 14.4. The van der Waals surface area contributed by atoms with E-state index in [0.717, 1.165) is 6.54 Å². The van der Waals surface area contributed by atoms with Gasteiger partial charge in [0.1, 0.15) is 0 Å². The van der Waals surface area contributed by atoms with Crippen LogP contribution in [0.3, 0.4) is 0 Å². The third kappa shape index (κ3) is 3.73. The molecule has 1 aromatic carbocycles. The average molecular weight is 260 g/mol. The third-order valence-electron chi connectivity index (χ3n) is 4.70. The van der Waals surface area contributed by atoms with Crippen molar-refractivity contribution in [3.05, 3.63) is 29.8 Å². The summed E-state index contributed by atoms with van der Waals surface area (Å²) in [6.45, 7) is 4.52. The Morgan fingerprint density at radius 1 is 1.11 bits per heavy atom. The van der Waals surface area contributed by atoms with E-state index in [4.69, 9.17) is 0 Å². The van der Waals surface area contributed by atoms with E-state index in [1.807, 2.05) is 0 Å². The summed E-state index contributed by atoms with van der Waals surface area (Å²) < 4.78 is 0. The molecule has 2 rings (SSSR count). The van der Waals surface area contributed by atoms with Crippen molar-refractivity contribution in [2.24, 2.45) is 5.41 Å². The molecule has 0 saturated heterocycles. The quantitative estimate of drug-likeness (QED) is 0.836. The molecule has 0 atom stereocenters. The molecule has 106 valence electrons. The first-order valence-corrected chi connectivity index (χ1v) is 7.62. The van der Waals surface area contributed by atoms with Crippen molar-refractivity contribution in [2.45, 2.75) is 45.6 Å².